The van der Waals surface area contributed by atoms with Crippen LogP contribution >= 0.6 is 22.9 Å². The lowest BCUT2D eigenvalue weighted by atomic mass is 10.3. The zero-order chi connectivity index (χ0) is 17.9. The van der Waals surface area contributed by atoms with Gasteiger partial charge in [0.15, 0.2) is 0 Å². The summed E-state index contributed by atoms with van der Waals surface area (Å²) < 4.78 is 32.7. The number of ether oxygens (including phenoxy) is 1. The first-order valence-electron chi connectivity index (χ1n) is 7.11. The Labute approximate surface area is 154 Å². The Balaban J connectivity index is 1.71. The van der Waals surface area contributed by atoms with Crippen LogP contribution in [0.15, 0.2) is 58.9 Å². The molecule has 0 atom stereocenters. The molecule has 0 bridgehead atoms. The van der Waals surface area contributed by atoms with Crippen molar-refractivity contribution >= 4 is 50.2 Å². The van der Waals surface area contributed by atoms with Crippen molar-refractivity contribution < 1.29 is 13.2 Å². The van der Waals surface area contributed by atoms with E-state index in [0.29, 0.717) is 15.8 Å². The van der Waals surface area contributed by atoms with Crippen molar-refractivity contribution in [3.63, 3.8) is 0 Å². The van der Waals surface area contributed by atoms with Gasteiger partial charge in [-0.2, -0.15) is 0 Å². The number of thiophene rings is 1. The zero-order valence-corrected chi connectivity index (χ0v) is 15.5. The van der Waals surface area contributed by atoms with Crippen LogP contribution in [-0.2, 0) is 10.0 Å². The Morgan fingerprint density at radius 3 is 2.60 bits per heavy atom. The standard InChI is InChI=1S/C16H14ClN3O3S2/c1-23-13-4-2-3-11(9-13)19-15-7-5-12(10-18-15)20-25(21,22)16-8-6-14(17)24-16/h2-10,20H,1H3,(H,18,19). The minimum absolute atomic E-state index is 0.149. The number of methoxy groups -OCH3 is 1. The fourth-order valence-corrected chi connectivity index (χ4v) is 4.55. The van der Waals surface area contributed by atoms with Gasteiger partial charge in [0.1, 0.15) is 15.8 Å². The predicted octanol–water partition coefficient (Wildman–Crippen LogP) is 4.35. The Bertz CT molecular complexity index is 972. The van der Waals surface area contributed by atoms with Crippen LogP contribution < -0.4 is 14.8 Å². The Kier molecular flexibility index (Phi) is 5.12. The van der Waals surface area contributed by atoms with Crippen molar-refractivity contribution in [3.8, 4) is 5.75 Å². The van der Waals surface area contributed by atoms with Gasteiger partial charge in [-0.25, -0.2) is 13.4 Å². The van der Waals surface area contributed by atoms with Gasteiger partial charge < -0.3 is 10.1 Å². The third-order valence-corrected chi connectivity index (χ3v) is 6.28. The SMILES string of the molecule is COc1cccc(Nc2ccc(NS(=O)(=O)c3ccc(Cl)s3)cn2)c1. The summed E-state index contributed by atoms with van der Waals surface area (Å²) in [5.74, 6) is 1.30. The molecule has 0 saturated carbocycles. The molecule has 3 rings (SSSR count). The summed E-state index contributed by atoms with van der Waals surface area (Å²) in [5.41, 5.74) is 1.18. The highest BCUT2D eigenvalue weighted by Crippen LogP contribution is 2.27. The first-order chi connectivity index (χ1) is 12.0. The van der Waals surface area contributed by atoms with Crippen molar-refractivity contribution in [2.24, 2.45) is 0 Å². The second-order valence-corrected chi connectivity index (χ2v) is 8.58. The van der Waals surface area contributed by atoms with E-state index in [-0.39, 0.29) is 4.21 Å². The molecule has 0 radical (unpaired) electrons. The highest BCUT2D eigenvalue weighted by molar-refractivity contribution is 7.94. The Hall–Kier alpha value is -2.29. The van der Waals surface area contributed by atoms with Gasteiger partial charge in [0.05, 0.1) is 23.3 Å². The number of halogens is 1. The van der Waals surface area contributed by atoms with Crippen LogP contribution in [0.2, 0.25) is 4.34 Å². The molecule has 2 N–H and O–H groups in total. The lowest BCUT2D eigenvalue weighted by Gasteiger charge is -2.09. The number of nitrogens with one attached hydrogen (secondary N) is 2. The van der Waals surface area contributed by atoms with Crippen molar-refractivity contribution in [3.05, 3.63) is 59.1 Å². The normalized spacial score (nSPS) is 11.1. The fraction of sp³-hybridized carbons (Fsp3) is 0.0625. The summed E-state index contributed by atoms with van der Waals surface area (Å²) in [6.45, 7) is 0. The molecular weight excluding hydrogens is 382 g/mol. The van der Waals surface area contributed by atoms with Crippen molar-refractivity contribution in [1.82, 2.24) is 4.98 Å². The van der Waals surface area contributed by atoms with Gasteiger partial charge in [0.2, 0.25) is 0 Å². The highest BCUT2D eigenvalue weighted by atomic mass is 35.5. The molecule has 0 fully saturated rings. The van der Waals surface area contributed by atoms with Crippen LogP contribution in [-0.4, -0.2) is 20.5 Å². The maximum Gasteiger partial charge on any atom is 0.271 e. The molecule has 3 aromatic rings. The van der Waals surface area contributed by atoms with Gasteiger partial charge in [0, 0.05) is 11.8 Å². The first-order valence-corrected chi connectivity index (χ1v) is 9.79. The monoisotopic (exact) mass is 395 g/mol. The number of hydrogen-bond donors (Lipinski definition) is 2. The van der Waals surface area contributed by atoms with Gasteiger partial charge in [-0.15, -0.1) is 11.3 Å². The van der Waals surface area contributed by atoms with Crippen LogP contribution in [0.25, 0.3) is 0 Å². The largest absolute Gasteiger partial charge is 0.497 e. The molecule has 2 heterocycles. The summed E-state index contributed by atoms with van der Waals surface area (Å²) in [4.78, 5) is 4.21. The molecule has 0 aliphatic rings. The summed E-state index contributed by atoms with van der Waals surface area (Å²) in [5, 5.41) is 3.12. The number of anilines is 3. The van der Waals surface area contributed by atoms with Crippen molar-refractivity contribution in [2.45, 2.75) is 4.21 Å². The number of pyridine rings is 1. The summed E-state index contributed by atoms with van der Waals surface area (Å²) in [7, 11) is -2.07. The van der Waals surface area contributed by atoms with E-state index in [0.717, 1.165) is 22.8 Å². The first kappa shape index (κ1) is 17.5. The Morgan fingerprint density at radius 1 is 1.12 bits per heavy atom. The second kappa shape index (κ2) is 7.30. The van der Waals surface area contributed by atoms with Crippen molar-refractivity contribution in [2.75, 3.05) is 17.1 Å². The number of nitrogens with zero attached hydrogens (tertiary/aromatic N) is 1. The van der Waals surface area contributed by atoms with Crippen LogP contribution in [0.4, 0.5) is 17.2 Å². The zero-order valence-electron chi connectivity index (χ0n) is 13.1. The average Bonchev–Trinajstić information content (AvgIpc) is 3.04. The molecule has 2 aromatic heterocycles. The van der Waals surface area contributed by atoms with Crippen LogP contribution in [0.3, 0.4) is 0 Å². The van der Waals surface area contributed by atoms with Crippen LogP contribution in [0, 0.1) is 0 Å². The van der Waals surface area contributed by atoms with Crippen molar-refractivity contribution in [1.29, 1.82) is 0 Å². The van der Waals surface area contributed by atoms with E-state index in [4.69, 9.17) is 16.3 Å². The molecule has 0 aliphatic heterocycles. The third-order valence-electron chi connectivity index (χ3n) is 3.17. The van der Waals surface area contributed by atoms with E-state index in [2.05, 4.69) is 15.0 Å². The second-order valence-electron chi connectivity index (χ2n) is 4.95. The molecule has 0 spiro atoms. The van der Waals surface area contributed by atoms with Crippen LogP contribution in [0.1, 0.15) is 0 Å². The van der Waals surface area contributed by atoms with E-state index in [1.54, 1.807) is 25.3 Å². The van der Waals surface area contributed by atoms with E-state index in [9.17, 15) is 8.42 Å². The number of sulfonamides is 1. The number of benzene rings is 1. The lowest BCUT2D eigenvalue weighted by Crippen LogP contribution is -2.11. The molecular formula is C16H14ClN3O3S2. The third kappa shape index (κ3) is 4.41. The maximum absolute atomic E-state index is 12.2. The predicted molar refractivity (Wildman–Crippen MR) is 101 cm³/mol. The van der Waals surface area contributed by atoms with E-state index in [1.165, 1.54) is 12.3 Å². The maximum atomic E-state index is 12.2. The smallest absolute Gasteiger partial charge is 0.271 e. The molecule has 9 heteroatoms. The molecule has 130 valence electrons. The summed E-state index contributed by atoms with van der Waals surface area (Å²) in [6, 6.07) is 13.7. The fourth-order valence-electron chi connectivity index (χ4n) is 2.02. The van der Waals surface area contributed by atoms with Gasteiger partial charge in [-0.1, -0.05) is 17.7 Å². The molecule has 0 amide bonds. The lowest BCUT2D eigenvalue weighted by molar-refractivity contribution is 0.415. The van der Waals surface area contributed by atoms with Gasteiger partial charge >= 0.3 is 0 Å². The van der Waals surface area contributed by atoms with Gasteiger partial charge in [-0.3, -0.25) is 4.72 Å². The van der Waals surface area contributed by atoms with E-state index >= 15 is 0 Å². The highest BCUT2D eigenvalue weighted by Gasteiger charge is 2.16. The average molecular weight is 396 g/mol. The minimum Gasteiger partial charge on any atom is -0.497 e. The summed E-state index contributed by atoms with van der Waals surface area (Å²) >= 11 is 6.78. The van der Waals surface area contributed by atoms with E-state index in [1.807, 2.05) is 24.3 Å². The van der Waals surface area contributed by atoms with Crippen LogP contribution in [0.5, 0.6) is 5.75 Å². The Morgan fingerprint density at radius 2 is 1.96 bits per heavy atom. The molecule has 25 heavy (non-hydrogen) atoms. The molecule has 1 aromatic carbocycles. The van der Waals surface area contributed by atoms with Gasteiger partial charge in [0.25, 0.3) is 10.0 Å². The minimum atomic E-state index is -3.67. The van der Waals surface area contributed by atoms with Gasteiger partial charge in [-0.05, 0) is 36.4 Å². The summed E-state index contributed by atoms with van der Waals surface area (Å²) in [6.07, 6.45) is 1.44. The quantitative estimate of drug-likeness (QED) is 0.648. The number of aromatic nitrogens is 1. The molecule has 0 saturated heterocycles. The number of rotatable bonds is 6. The number of hydrogen-bond acceptors (Lipinski definition) is 6. The molecule has 0 aliphatic carbocycles. The van der Waals surface area contributed by atoms with E-state index < -0.39 is 10.0 Å². The molecule has 6 nitrogen and oxygen atoms in total. The molecule has 0 unspecified atom stereocenters. The topological polar surface area (TPSA) is 80.3 Å².